The molecule has 0 N–H and O–H groups in total. The molecule has 0 bridgehead atoms. The molecule has 168 valence electrons. The molecule has 1 fully saturated rings. The van der Waals surface area contributed by atoms with Crippen molar-refractivity contribution in [3.05, 3.63) is 71.0 Å². The van der Waals surface area contributed by atoms with Crippen LogP contribution in [0.4, 0.5) is 4.39 Å². The zero-order valence-corrected chi connectivity index (χ0v) is 19.2. The largest absolute Gasteiger partial charge is 0.383 e. The monoisotopic (exact) mass is 426 g/mol. The number of likely N-dealkylation sites (tertiary alicyclic amines) is 1. The molecule has 0 saturated carbocycles. The fourth-order valence-corrected chi connectivity index (χ4v) is 4.46. The van der Waals surface area contributed by atoms with Gasteiger partial charge < -0.3 is 9.64 Å². The molecule has 31 heavy (non-hydrogen) atoms. The number of ether oxygens (including phenoxy) is 1. The van der Waals surface area contributed by atoms with Gasteiger partial charge in [-0.15, -0.1) is 0 Å². The highest BCUT2D eigenvalue weighted by Crippen LogP contribution is 2.34. The zero-order chi connectivity index (χ0) is 22.4. The zero-order valence-electron chi connectivity index (χ0n) is 19.2. The van der Waals surface area contributed by atoms with Crippen molar-refractivity contribution in [3.63, 3.8) is 0 Å². The van der Waals surface area contributed by atoms with E-state index in [0.717, 1.165) is 25.2 Å². The number of methoxy groups -OCH3 is 1. The molecule has 2 atom stereocenters. The molecule has 3 rings (SSSR count). The van der Waals surface area contributed by atoms with Crippen molar-refractivity contribution in [2.45, 2.75) is 33.2 Å². The van der Waals surface area contributed by atoms with Crippen LogP contribution in [0.2, 0.25) is 0 Å². The number of hydrogen-bond donors (Lipinski definition) is 0. The van der Waals surface area contributed by atoms with Gasteiger partial charge in [0.05, 0.1) is 6.61 Å². The van der Waals surface area contributed by atoms with Gasteiger partial charge in [0, 0.05) is 51.7 Å². The number of aryl methyl sites for hydroxylation is 1. The van der Waals surface area contributed by atoms with Crippen LogP contribution in [0.25, 0.3) is 0 Å². The van der Waals surface area contributed by atoms with Crippen LogP contribution < -0.4 is 0 Å². The van der Waals surface area contributed by atoms with E-state index >= 15 is 0 Å². The van der Waals surface area contributed by atoms with Crippen LogP contribution in [0.15, 0.2) is 48.5 Å². The van der Waals surface area contributed by atoms with Gasteiger partial charge in [0.15, 0.2) is 0 Å². The van der Waals surface area contributed by atoms with Crippen LogP contribution in [0, 0.1) is 24.6 Å². The molecule has 5 heteroatoms. The highest BCUT2D eigenvalue weighted by molar-refractivity contribution is 5.78. The normalized spacial score (nSPS) is 19.2. The van der Waals surface area contributed by atoms with Gasteiger partial charge in [-0.05, 0) is 36.1 Å². The molecule has 2 aromatic carbocycles. The molecule has 1 amide bonds. The summed E-state index contributed by atoms with van der Waals surface area (Å²) in [4.78, 5) is 17.2. The Morgan fingerprint density at radius 3 is 2.42 bits per heavy atom. The van der Waals surface area contributed by atoms with Crippen molar-refractivity contribution in [2.75, 3.05) is 39.9 Å². The Morgan fingerprint density at radius 1 is 1.13 bits per heavy atom. The van der Waals surface area contributed by atoms with Crippen LogP contribution in [0.5, 0.6) is 0 Å². The highest BCUT2D eigenvalue weighted by Gasteiger charge is 2.36. The summed E-state index contributed by atoms with van der Waals surface area (Å²) in [5, 5.41) is 0. The summed E-state index contributed by atoms with van der Waals surface area (Å²) >= 11 is 0. The van der Waals surface area contributed by atoms with Crippen molar-refractivity contribution in [1.82, 2.24) is 9.80 Å². The van der Waals surface area contributed by atoms with E-state index in [2.05, 4.69) is 36.1 Å². The summed E-state index contributed by atoms with van der Waals surface area (Å²) < 4.78 is 18.8. The summed E-state index contributed by atoms with van der Waals surface area (Å²) in [6.45, 7) is 10.5. The topological polar surface area (TPSA) is 32.8 Å². The first kappa shape index (κ1) is 23.4. The average Bonchev–Trinajstić information content (AvgIpc) is 3.14. The molecule has 0 spiro atoms. The Labute approximate surface area is 186 Å². The number of hydrogen-bond acceptors (Lipinski definition) is 3. The second-order valence-corrected chi connectivity index (χ2v) is 9.03. The van der Waals surface area contributed by atoms with Gasteiger partial charge >= 0.3 is 0 Å². The van der Waals surface area contributed by atoms with Crippen molar-refractivity contribution in [2.24, 2.45) is 11.8 Å². The fraction of sp³-hybridized carbons (Fsp3) is 0.500. The first-order chi connectivity index (χ1) is 14.9. The van der Waals surface area contributed by atoms with Crippen LogP contribution in [0.3, 0.4) is 0 Å². The van der Waals surface area contributed by atoms with Crippen molar-refractivity contribution in [3.8, 4) is 0 Å². The molecule has 2 aromatic rings. The standard InChI is InChI=1S/C26H35FN2O2/c1-19(2)26(30)29(13-14-31-4)17-23-16-28(15-21-7-5-20(3)6-8-21)18-25(23)22-9-11-24(27)12-10-22/h5-12,19,23,25H,13-18H2,1-4H3. The minimum atomic E-state index is -0.216. The van der Waals surface area contributed by atoms with Gasteiger partial charge in [-0.3, -0.25) is 9.69 Å². The summed E-state index contributed by atoms with van der Waals surface area (Å²) in [6, 6.07) is 15.5. The maximum absolute atomic E-state index is 13.5. The number of carbonyl (C=O) groups excluding carboxylic acids is 1. The van der Waals surface area contributed by atoms with E-state index in [-0.39, 0.29) is 29.5 Å². The first-order valence-electron chi connectivity index (χ1n) is 11.2. The van der Waals surface area contributed by atoms with Crippen LogP contribution in [-0.2, 0) is 16.1 Å². The molecule has 0 radical (unpaired) electrons. The Balaban J connectivity index is 1.79. The average molecular weight is 427 g/mol. The van der Waals surface area contributed by atoms with Crippen LogP contribution >= 0.6 is 0 Å². The van der Waals surface area contributed by atoms with E-state index in [0.29, 0.717) is 19.7 Å². The third-order valence-electron chi connectivity index (χ3n) is 6.17. The van der Waals surface area contributed by atoms with Gasteiger partial charge in [0.25, 0.3) is 0 Å². The number of carbonyl (C=O) groups is 1. The summed E-state index contributed by atoms with van der Waals surface area (Å²) in [7, 11) is 1.66. The molecule has 1 aliphatic rings. The van der Waals surface area contributed by atoms with Crippen molar-refractivity contribution in [1.29, 1.82) is 0 Å². The molecule has 1 heterocycles. The molecule has 0 aromatic heterocycles. The molecule has 1 aliphatic heterocycles. The Bertz CT molecular complexity index is 835. The lowest BCUT2D eigenvalue weighted by atomic mass is 9.88. The SMILES string of the molecule is COCCN(CC1CN(Cc2ccc(C)cc2)CC1c1ccc(F)cc1)C(=O)C(C)C. The third kappa shape index (κ3) is 6.37. The van der Waals surface area contributed by atoms with Crippen LogP contribution in [-0.4, -0.2) is 55.6 Å². The molecular weight excluding hydrogens is 391 g/mol. The number of nitrogens with zero attached hydrogens (tertiary/aromatic N) is 2. The minimum Gasteiger partial charge on any atom is -0.383 e. The Hall–Kier alpha value is -2.24. The first-order valence-corrected chi connectivity index (χ1v) is 11.2. The third-order valence-corrected chi connectivity index (χ3v) is 6.17. The van der Waals surface area contributed by atoms with E-state index in [1.165, 1.54) is 23.3 Å². The predicted octanol–water partition coefficient (Wildman–Crippen LogP) is 4.48. The lowest BCUT2D eigenvalue weighted by Gasteiger charge is -2.29. The number of benzene rings is 2. The highest BCUT2D eigenvalue weighted by atomic mass is 19.1. The van der Waals surface area contributed by atoms with E-state index in [9.17, 15) is 9.18 Å². The van der Waals surface area contributed by atoms with Crippen molar-refractivity contribution >= 4 is 5.91 Å². The van der Waals surface area contributed by atoms with Crippen molar-refractivity contribution < 1.29 is 13.9 Å². The summed E-state index contributed by atoms with van der Waals surface area (Å²) in [6.07, 6.45) is 0. The minimum absolute atomic E-state index is 0.0498. The second kappa shape index (κ2) is 10.9. The smallest absolute Gasteiger partial charge is 0.225 e. The Morgan fingerprint density at radius 2 is 1.81 bits per heavy atom. The molecule has 0 aliphatic carbocycles. The van der Waals surface area contributed by atoms with Gasteiger partial charge in [0.2, 0.25) is 5.91 Å². The van der Waals surface area contributed by atoms with E-state index in [1.807, 2.05) is 30.9 Å². The molecular formula is C26H35FN2O2. The van der Waals surface area contributed by atoms with E-state index in [4.69, 9.17) is 4.74 Å². The van der Waals surface area contributed by atoms with Gasteiger partial charge in [-0.2, -0.15) is 0 Å². The van der Waals surface area contributed by atoms with E-state index in [1.54, 1.807) is 7.11 Å². The summed E-state index contributed by atoms with van der Waals surface area (Å²) in [5.74, 6) is 0.441. The lowest BCUT2D eigenvalue weighted by Crippen LogP contribution is -2.41. The van der Waals surface area contributed by atoms with Gasteiger partial charge in [-0.1, -0.05) is 55.8 Å². The Kier molecular flexibility index (Phi) is 8.22. The number of amides is 1. The number of rotatable bonds is 9. The molecule has 1 saturated heterocycles. The van der Waals surface area contributed by atoms with E-state index < -0.39 is 0 Å². The maximum atomic E-state index is 13.5. The molecule has 4 nitrogen and oxygen atoms in total. The van der Waals surface area contributed by atoms with Gasteiger partial charge in [0.1, 0.15) is 5.82 Å². The number of halogens is 1. The summed E-state index contributed by atoms with van der Waals surface area (Å²) in [5.41, 5.74) is 3.69. The fourth-order valence-electron chi connectivity index (χ4n) is 4.46. The molecule has 2 unspecified atom stereocenters. The quantitative estimate of drug-likeness (QED) is 0.593. The predicted molar refractivity (Wildman–Crippen MR) is 122 cm³/mol. The van der Waals surface area contributed by atoms with Gasteiger partial charge in [-0.25, -0.2) is 4.39 Å². The lowest BCUT2D eigenvalue weighted by molar-refractivity contribution is -0.135. The maximum Gasteiger partial charge on any atom is 0.225 e. The van der Waals surface area contributed by atoms with Crippen LogP contribution in [0.1, 0.15) is 36.5 Å². The second-order valence-electron chi connectivity index (χ2n) is 9.03.